The van der Waals surface area contributed by atoms with E-state index in [9.17, 15) is 0 Å². The number of rotatable bonds is 3. The molecule has 0 saturated heterocycles. The van der Waals surface area contributed by atoms with Crippen LogP contribution in [0.4, 0.5) is 5.69 Å². The lowest BCUT2D eigenvalue weighted by Gasteiger charge is -2.20. The zero-order chi connectivity index (χ0) is 13.3. The molecular weight excluding hydrogens is 246 g/mol. The molecule has 0 unspecified atom stereocenters. The zero-order valence-corrected chi connectivity index (χ0v) is 12.0. The zero-order valence-electron chi connectivity index (χ0n) is 11.2. The Morgan fingerprint density at radius 1 is 1.33 bits per heavy atom. The monoisotopic (exact) mass is 263 g/mol. The van der Waals surface area contributed by atoms with Crippen LogP contribution in [0, 0.1) is 6.92 Å². The van der Waals surface area contributed by atoms with Gasteiger partial charge in [-0.25, -0.2) is 0 Å². The average molecular weight is 264 g/mol. The highest BCUT2D eigenvalue weighted by atomic mass is 35.5. The number of nitrogens with zero attached hydrogens (tertiary/aromatic N) is 2. The molecule has 0 aliphatic rings. The van der Waals surface area contributed by atoms with Crippen molar-refractivity contribution < 1.29 is 0 Å². The van der Waals surface area contributed by atoms with Crippen molar-refractivity contribution in [2.75, 3.05) is 26.0 Å². The van der Waals surface area contributed by atoms with Crippen molar-refractivity contribution in [1.29, 1.82) is 0 Å². The summed E-state index contributed by atoms with van der Waals surface area (Å²) in [5, 5.41) is 5.01. The fraction of sp³-hybridized carbons (Fsp3) is 0.357. The van der Waals surface area contributed by atoms with Gasteiger partial charge in [-0.3, -0.25) is 4.98 Å². The molecule has 0 atom stereocenters. The summed E-state index contributed by atoms with van der Waals surface area (Å²) < 4.78 is 0. The third-order valence-corrected chi connectivity index (χ3v) is 3.28. The van der Waals surface area contributed by atoms with Crippen molar-refractivity contribution in [3.8, 4) is 0 Å². The lowest BCUT2D eigenvalue weighted by Crippen LogP contribution is -2.15. The second-order valence-electron chi connectivity index (χ2n) is 4.62. The molecule has 0 saturated carbocycles. The van der Waals surface area contributed by atoms with Crippen LogP contribution in [0.1, 0.15) is 11.3 Å². The smallest absolute Gasteiger partial charge is 0.0728 e. The summed E-state index contributed by atoms with van der Waals surface area (Å²) in [6, 6.07) is 5.84. The first-order chi connectivity index (χ1) is 8.54. The molecule has 0 radical (unpaired) electrons. The molecule has 0 aliphatic heterocycles. The van der Waals surface area contributed by atoms with Gasteiger partial charge in [-0.1, -0.05) is 11.6 Å². The number of hydrogen-bond donors (Lipinski definition) is 1. The molecular formula is C14H18ClN3. The van der Waals surface area contributed by atoms with Crippen LogP contribution >= 0.6 is 11.6 Å². The number of hydrogen-bond acceptors (Lipinski definition) is 3. The van der Waals surface area contributed by atoms with E-state index in [0.717, 1.165) is 28.2 Å². The quantitative estimate of drug-likeness (QED) is 0.923. The lowest BCUT2D eigenvalue weighted by molar-refractivity contribution is 0.788. The van der Waals surface area contributed by atoms with Crippen molar-refractivity contribution >= 4 is 28.2 Å². The molecule has 4 heteroatoms. The van der Waals surface area contributed by atoms with Gasteiger partial charge in [0.25, 0.3) is 0 Å². The lowest BCUT2D eigenvalue weighted by atomic mass is 10.1. The maximum absolute atomic E-state index is 6.09. The largest absolute Gasteiger partial charge is 0.377 e. The molecule has 96 valence electrons. The Labute approximate surface area is 113 Å². The number of aromatic nitrogens is 1. The molecule has 0 bridgehead atoms. The predicted molar refractivity (Wildman–Crippen MR) is 78.6 cm³/mol. The fourth-order valence-electron chi connectivity index (χ4n) is 2.28. The van der Waals surface area contributed by atoms with E-state index in [4.69, 9.17) is 16.6 Å². The van der Waals surface area contributed by atoms with Crippen LogP contribution in [0.3, 0.4) is 0 Å². The second-order valence-corrected chi connectivity index (χ2v) is 5.05. The van der Waals surface area contributed by atoms with E-state index in [0.29, 0.717) is 0 Å². The molecule has 1 aromatic carbocycles. The van der Waals surface area contributed by atoms with Crippen molar-refractivity contribution in [3.05, 3.63) is 34.5 Å². The van der Waals surface area contributed by atoms with Gasteiger partial charge in [-0.05, 0) is 37.7 Å². The van der Waals surface area contributed by atoms with Crippen LogP contribution in [-0.2, 0) is 6.54 Å². The summed E-state index contributed by atoms with van der Waals surface area (Å²) in [7, 11) is 6.03. The first kappa shape index (κ1) is 13.1. The maximum Gasteiger partial charge on any atom is 0.0728 e. The molecule has 3 nitrogen and oxygen atoms in total. The number of benzene rings is 1. The van der Waals surface area contributed by atoms with E-state index in [1.807, 2.05) is 39.3 Å². The van der Waals surface area contributed by atoms with Crippen LogP contribution in [0.15, 0.2) is 18.2 Å². The van der Waals surface area contributed by atoms with E-state index in [2.05, 4.69) is 17.1 Å². The summed E-state index contributed by atoms with van der Waals surface area (Å²) in [5.41, 5.74) is 4.45. The number of halogens is 1. The normalized spacial score (nSPS) is 10.9. The third kappa shape index (κ3) is 2.28. The highest BCUT2D eigenvalue weighted by Crippen LogP contribution is 2.31. The first-order valence-corrected chi connectivity index (χ1v) is 6.33. The maximum atomic E-state index is 6.09. The van der Waals surface area contributed by atoms with Crippen LogP contribution in [0.5, 0.6) is 0 Å². The van der Waals surface area contributed by atoms with Crippen LogP contribution in [-0.4, -0.2) is 26.1 Å². The van der Waals surface area contributed by atoms with Gasteiger partial charge in [-0.15, -0.1) is 0 Å². The van der Waals surface area contributed by atoms with E-state index in [1.165, 1.54) is 11.3 Å². The van der Waals surface area contributed by atoms with Crippen LogP contribution in [0.2, 0.25) is 5.02 Å². The highest BCUT2D eigenvalue weighted by molar-refractivity contribution is 6.31. The molecule has 0 fully saturated rings. The highest BCUT2D eigenvalue weighted by Gasteiger charge is 2.13. The Morgan fingerprint density at radius 3 is 2.67 bits per heavy atom. The van der Waals surface area contributed by atoms with Gasteiger partial charge in [0.15, 0.2) is 0 Å². The minimum absolute atomic E-state index is 0.744. The molecule has 0 spiro atoms. The summed E-state index contributed by atoms with van der Waals surface area (Å²) >= 11 is 6.09. The van der Waals surface area contributed by atoms with Gasteiger partial charge in [0.1, 0.15) is 0 Å². The first-order valence-electron chi connectivity index (χ1n) is 5.95. The summed E-state index contributed by atoms with van der Waals surface area (Å²) in [6.45, 7) is 2.88. The van der Waals surface area contributed by atoms with E-state index in [-0.39, 0.29) is 0 Å². The number of nitrogens with one attached hydrogen (secondary N) is 1. The number of anilines is 1. The molecule has 1 N–H and O–H groups in total. The summed E-state index contributed by atoms with van der Waals surface area (Å²) in [6.07, 6.45) is 0. The van der Waals surface area contributed by atoms with Crippen molar-refractivity contribution in [3.63, 3.8) is 0 Å². The van der Waals surface area contributed by atoms with Gasteiger partial charge < -0.3 is 10.2 Å². The number of fused-ring (bicyclic) bond motifs is 1. The minimum atomic E-state index is 0.744. The van der Waals surface area contributed by atoms with Crippen molar-refractivity contribution in [1.82, 2.24) is 10.3 Å². The van der Waals surface area contributed by atoms with Crippen molar-refractivity contribution in [2.45, 2.75) is 13.5 Å². The molecule has 2 rings (SSSR count). The SMILES string of the molecule is CNCc1nc2ccc(Cl)cc2c(N(C)C)c1C. The molecule has 2 aromatic rings. The summed E-state index contributed by atoms with van der Waals surface area (Å²) in [4.78, 5) is 6.82. The number of pyridine rings is 1. The Kier molecular flexibility index (Phi) is 3.73. The fourth-order valence-corrected chi connectivity index (χ4v) is 2.45. The molecule has 1 heterocycles. The van der Waals surface area contributed by atoms with Gasteiger partial charge in [0, 0.05) is 31.0 Å². The molecule has 0 aliphatic carbocycles. The van der Waals surface area contributed by atoms with Crippen molar-refractivity contribution in [2.24, 2.45) is 0 Å². The Bertz CT molecular complexity index is 579. The van der Waals surface area contributed by atoms with Gasteiger partial charge in [0.05, 0.1) is 16.9 Å². The van der Waals surface area contributed by atoms with Crippen LogP contribution < -0.4 is 10.2 Å². The summed E-state index contributed by atoms with van der Waals surface area (Å²) in [5.74, 6) is 0. The molecule has 0 amide bonds. The van der Waals surface area contributed by atoms with Gasteiger partial charge in [0.2, 0.25) is 0 Å². The third-order valence-electron chi connectivity index (χ3n) is 3.05. The Balaban J connectivity index is 2.79. The van der Waals surface area contributed by atoms with E-state index >= 15 is 0 Å². The van der Waals surface area contributed by atoms with E-state index in [1.54, 1.807) is 0 Å². The van der Waals surface area contributed by atoms with Gasteiger partial charge in [-0.2, -0.15) is 0 Å². The second kappa shape index (κ2) is 5.12. The van der Waals surface area contributed by atoms with E-state index < -0.39 is 0 Å². The van der Waals surface area contributed by atoms with Gasteiger partial charge >= 0.3 is 0 Å². The standard InChI is InChI=1S/C14H18ClN3/c1-9-13(8-16-2)17-12-6-5-10(15)7-11(12)14(9)18(3)4/h5-7,16H,8H2,1-4H3. The Morgan fingerprint density at radius 2 is 2.06 bits per heavy atom. The molecule has 18 heavy (non-hydrogen) atoms. The minimum Gasteiger partial charge on any atom is -0.377 e. The topological polar surface area (TPSA) is 28.2 Å². The average Bonchev–Trinajstić information content (AvgIpc) is 2.30. The Hall–Kier alpha value is -1.32. The predicted octanol–water partition coefficient (Wildman–Crippen LogP) is 2.98. The molecule has 1 aromatic heterocycles. The van der Waals surface area contributed by atoms with Crippen LogP contribution in [0.25, 0.3) is 10.9 Å².